The molecule has 0 amide bonds. The van der Waals surface area contributed by atoms with Gasteiger partial charge in [-0.05, 0) is 43.7 Å². The minimum absolute atomic E-state index is 0.0198. The third-order valence-corrected chi connectivity index (χ3v) is 3.52. The van der Waals surface area contributed by atoms with Crippen LogP contribution >= 0.6 is 0 Å². The summed E-state index contributed by atoms with van der Waals surface area (Å²) in [6.07, 6.45) is 4.28. The molecule has 0 saturated heterocycles. The van der Waals surface area contributed by atoms with Crippen molar-refractivity contribution in [3.8, 4) is 0 Å². The van der Waals surface area contributed by atoms with E-state index in [4.69, 9.17) is 0 Å². The van der Waals surface area contributed by atoms with E-state index >= 15 is 0 Å². The number of carbonyl (C=O) groups is 2. The van der Waals surface area contributed by atoms with Crippen LogP contribution in [-0.4, -0.2) is 16.6 Å². The molecule has 1 atom stereocenters. The van der Waals surface area contributed by atoms with Crippen LogP contribution in [-0.2, 0) is 16.0 Å². The molecule has 4 heteroatoms. The lowest BCUT2D eigenvalue weighted by molar-refractivity contribution is -0.120. The summed E-state index contributed by atoms with van der Waals surface area (Å²) in [5, 5.41) is 0. The van der Waals surface area contributed by atoms with Crippen LogP contribution in [0.15, 0.2) is 17.1 Å². The van der Waals surface area contributed by atoms with Crippen LogP contribution in [0.1, 0.15) is 64.6 Å². The minimum atomic E-state index is -0.434. The van der Waals surface area contributed by atoms with E-state index in [9.17, 15) is 14.4 Å². The van der Waals surface area contributed by atoms with Crippen LogP contribution in [0.5, 0.6) is 0 Å². The average Bonchev–Trinajstić information content (AvgIpc) is 2.45. The summed E-state index contributed by atoms with van der Waals surface area (Å²) < 4.78 is 1.48. The zero-order valence-electron chi connectivity index (χ0n) is 14.7. The van der Waals surface area contributed by atoms with Gasteiger partial charge in [-0.25, -0.2) is 0 Å². The SMILES string of the molecule is CC.CC(=O)C(CCC(C)C)n1cc(CC=O)c(C)cc1=O. The lowest BCUT2D eigenvalue weighted by Crippen LogP contribution is -2.29. The van der Waals surface area contributed by atoms with Gasteiger partial charge in [-0.3, -0.25) is 9.59 Å². The highest BCUT2D eigenvalue weighted by Gasteiger charge is 2.18. The number of aryl methyl sites for hydroxylation is 1. The molecule has 0 fully saturated rings. The molecule has 0 aromatic carbocycles. The molecule has 0 aliphatic carbocycles. The third kappa shape index (κ3) is 5.96. The second-order valence-electron chi connectivity index (χ2n) is 5.70. The summed E-state index contributed by atoms with van der Waals surface area (Å²) in [5.41, 5.74) is 1.42. The largest absolute Gasteiger partial charge is 0.305 e. The lowest BCUT2D eigenvalue weighted by atomic mass is 10.00. The Morgan fingerprint density at radius 1 is 1.27 bits per heavy atom. The van der Waals surface area contributed by atoms with Crippen molar-refractivity contribution in [3.05, 3.63) is 33.7 Å². The van der Waals surface area contributed by atoms with Gasteiger partial charge in [0.25, 0.3) is 5.56 Å². The van der Waals surface area contributed by atoms with Crippen LogP contribution in [0.25, 0.3) is 0 Å². The first-order chi connectivity index (χ1) is 10.4. The van der Waals surface area contributed by atoms with E-state index in [1.165, 1.54) is 17.6 Å². The Morgan fingerprint density at radius 3 is 2.32 bits per heavy atom. The molecule has 0 spiro atoms. The first kappa shape index (κ1) is 20.3. The highest BCUT2D eigenvalue weighted by molar-refractivity contribution is 5.80. The molecular formula is C18H29NO3. The molecule has 1 aromatic rings. The van der Waals surface area contributed by atoms with Crippen LogP contribution in [0, 0.1) is 12.8 Å². The van der Waals surface area contributed by atoms with Crippen molar-refractivity contribution in [1.82, 2.24) is 4.57 Å². The molecule has 1 aromatic heterocycles. The van der Waals surface area contributed by atoms with Crippen molar-refractivity contribution in [2.75, 3.05) is 0 Å². The lowest BCUT2D eigenvalue weighted by Gasteiger charge is -2.19. The minimum Gasteiger partial charge on any atom is -0.305 e. The maximum absolute atomic E-state index is 12.1. The molecule has 0 aliphatic heterocycles. The first-order valence-electron chi connectivity index (χ1n) is 8.02. The van der Waals surface area contributed by atoms with Gasteiger partial charge in [-0.1, -0.05) is 27.7 Å². The summed E-state index contributed by atoms with van der Waals surface area (Å²) in [6, 6.07) is 1.07. The fraction of sp³-hybridized carbons (Fsp3) is 0.611. The number of ketones is 1. The molecule has 0 N–H and O–H groups in total. The molecule has 1 unspecified atom stereocenters. The topological polar surface area (TPSA) is 56.1 Å². The summed E-state index contributed by atoms with van der Waals surface area (Å²) in [6.45, 7) is 11.5. The van der Waals surface area contributed by atoms with Crippen LogP contribution in [0.2, 0.25) is 0 Å². The Bertz CT molecular complexity index is 544. The van der Waals surface area contributed by atoms with Crippen LogP contribution in [0.3, 0.4) is 0 Å². The maximum Gasteiger partial charge on any atom is 0.251 e. The maximum atomic E-state index is 12.1. The predicted molar refractivity (Wildman–Crippen MR) is 90.3 cm³/mol. The Labute approximate surface area is 133 Å². The van der Waals surface area contributed by atoms with Gasteiger partial charge in [0.2, 0.25) is 0 Å². The zero-order chi connectivity index (χ0) is 17.3. The molecule has 0 bridgehead atoms. The number of hydrogen-bond donors (Lipinski definition) is 0. The van der Waals surface area contributed by atoms with Gasteiger partial charge >= 0.3 is 0 Å². The Kier molecular flexibility index (Phi) is 9.31. The van der Waals surface area contributed by atoms with Gasteiger partial charge in [0.05, 0.1) is 6.04 Å². The fourth-order valence-electron chi connectivity index (χ4n) is 2.26. The number of hydrogen-bond acceptors (Lipinski definition) is 3. The van der Waals surface area contributed by atoms with Crippen LogP contribution in [0.4, 0.5) is 0 Å². The number of rotatable bonds is 7. The summed E-state index contributed by atoms with van der Waals surface area (Å²) in [4.78, 5) is 34.6. The molecule has 22 heavy (non-hydrogen) atoms. The Morgan fingerprint density at radius 2 is 1.86 bits per heavy atom. The van der Waals surface area contributed by atoms with E-state index in [0.29, 0.717) is 12.3 Å². The van der Waals surface area contributed by atoms with E-state index in [-0.39, 0.29) is 17.8 Å². The van der Waals surface area contributed by atoms with Crippen LogP contribution < -0.4 is 5.56 Å². The smallest absolute Gasteiger partial charge is 0.251 e. The molecular weight excluding hydrogens is 278 g/mol. The summed E-state index contributed by atoms with van der Waals surface area (Å²) in [7, 11) is 0. The van der Waals surface area contributed by atoms with E-state index in [1.54, 1.807) is 6.20 Å². The monoisotopic (exact) mass is 307 g/mol. The van der Waals surface area contributed by atoms with Gasteiger partial charge in [-0.15, -0.1) is 0 Å². The molecule has 1 rings (SSSR count). The highest BCUT2D eigenvalue weighted by Crippen LogP contribution is 2.18. The second kappa shape index (κ2) is 10.1. The van der Waals surface area contributed by atoms with E-state index in [2.05, 4.69) is 13.8 Å². The number of carbonyl (C=O) groups excluding carboxylic acids is 2. The standard InChI is InChI=1S/C16H23NO3.C2H6/c1-11(2)5-6-15(13(4)19)17-10-14(7-8-18)12(3)9-16(17)20;1-2/h8-11,15H,5-7H2,1-4H3;1-2H3. The molecule has 4 nitrogen and oxygen atoms in total. The van der Waals surface area contributed by atoms with Crippen molar-refractivity contribution in [2.45, 2.75) is 66.8 Å². The first-order valence-corrected chi connectivity index (χ1v) is 8.02. The molecule has 0 saturated carbocycles. The van der Waals surface area contributed by atoms with Gasteiger partial charge in [0.1, 0.15) is 6.29 Å². The van der Waals surface area contributed by atoms with E-state index < -0.39 is 6.04 Å². The van der Waals surface area contributed by atoms with E-state index in [0.717, 1.165) is 23.8 Å². The normalized spacial score (nSPS) is 11.6. The van der Waals surface area contributed by atoms with Gasteiger partial charge in [-0.2, -0.15) is 0 Å². The summed E-state index contributed by atoms with van der Waals surface area (Å²) >= 11 is 0. The van der Waals surface area contributed by atoms with Crippen molar-refractivity contribution < 1.29 is 9.59 Å². The quantitative estimate of drug-likeness (QED) is 0.725. The van der Waals surface area contributed by atoms with Crippen molar-refractivity contribution in [1.29, 1.82) is 0 Å². The Hall–Kier alpha value is -1.71. The second-order valence-corrected chi connectivity index (χ2v) is 5.70. The Balaban J connectivity index is 0.00000211. The fourth-order valence-corrected chi connectivity index (χ4v) is 2.26. The number of pyridine rings is 1. The number of Topliss-reactive ketones (excluding diaryl/α,β-unsaturated/α-hetero) is 1. The summed E-state index contributed by atoms with van der Waals surface area (Å²) in [5.74, 6) is 0.459. The zero-order valence-corrected chi connectivity index (χ0v) is 14.7. The number of aromatic nitrogens is 1. The number of aldehydes is 1. The van der Waals surface area contributed by atoms with Gasteiger partial charge in [0, 0.05) is 18.7 Å². The number of nitrogens with zero attached hydrogens (tertiary/aromatic N) is 1. The van der Waals surface area contributed by atoms with Crippen molar-refractivity contribution in [2.24, 2.45) is 5.92 Å². The third-order valence-electron chi connectivity index (χ3n) is 3.52. The van der Waals surface area contributed by atoms with Gasteiger partial charge < -0.3 is 9.36 Å². The molecule has 0 aliphatic rings. The predicted octanol–water partition coefficient (Wildman–Crippen LogP) is 3.49. The average molecular weight is 307 g/mol. The molecule has 0 radical (unpaired) electrons. The molecule has 124 valence electrons. The van der Waals surface area contributed by atoms with E-state index in [1.807, 2.05) is 20.8 Å². The van der Waals surface area contributed by atoms with Crippen molar-refractivity contribution in [3.63, 3.8) is 0 Å². The van der Waals surface area contributed by atoms with Crippen molar-refractivity contribution >= 4 is 12.1 Å². The van der Waals surface area contributed by atoms with Gasteiger partial charge in [0.15, 0.2) is 5.78 Å². The highest BCUT2D eigenvalue weighted by atomic mass is 16.1. The molecule has 1 heterocycles.